The Labute approximate surface area is 163 Å². The number of hydrogen-bond acceptors (Lipinski definition) is 5. The highest BCUT2D eigenvalue weighted by atomic mass is 35.5. The molecular formula is C20H23ClN2O4. The molecule has 1 fully saturated rings. The van der Waals surface area contributed by atoms with Gasteiger partial charge in [0.2, 0.25) is 11.2 Å². The Balaban J connectivity index is 1.54. The SMILES string of the molecule is O=C(COc1coc(CN2CCCCCC2)cc1=O)Nc1ccccc1Cl. The van der Waals surface area contributed by atoms with Crippen molar-refractivity contribution in [2.75, 3.05) is 25.0 Å². The van der Waals surface area contributed by atoms with Crippen LogP contribution in [0.4, 0.5) is 5.69 Å². The van der Waals surface area contributed by atoms with Gasteiger partial charge in [-0.05, 0) is 38.1 Å². The number of likely N-dealkylation sites (tertiary alicyclic amines) is 1. The summed E-state index contributed by atoms with van der Waals surface area (Å²) in [6, 6.07) is 8.33. The number of anilines is 1. The lowest BCUT2D eigenvalue weighted by Gasteiger charge is -2.18. The number of carbonyl (C=O) groups is 1. The van der Waals surface area contributed by atoms with Gasteiger partial charge in [0.05, 0.1) is 17.3 Å². The highest BCUT2D eigenvalue weighted by Crippen LogP contribution is 2.20. The van der Waals surface area contributed by atoms with Crippen molar-refractivity contribution in [2.24, 2.45) is 0 Å². The number of hydrogen-bond donors (Lipinski definition) is 1. The molecule has 1 aliphatic rings. The molecule has 1 amide bonds. The summed E-state index contributed by atoms with van der Waals surface area (Å²) in [5.74, 6) is 0.217. The molecule has 0 atom stereocenters. The standard InChI is InChI=1S/C20H23ClN2O4/c21-16-7-3-4-8-17(16)22-20(25)14-27-19-13-26-15(11-18(19)24)12-23-9-5-1-2-6-10-23/h3-4,7-8,11,13H,1-2,5-6,9-10,12,14H2,(H,22,25). The molecule has 1 aromatic carbocycles. The van der Waals surface area contributed by atoms with Crippen LogP contribution in [0.15, 0.2) is 45.8 Å². The fraction of sp³-hybridized carbons (Fsp3) is 0.400. The summed E-state index contributed by atoms with van der Waals surface area (Å²) in [6.45, 7) is 2.35. The minimum atomic E-state index is -0.406. The van der Waals surface area contributed by atoms with Crippen LogP contribution in [0.1, 0.15) is 31.4 Å². The van der Waals surface area contributed by atoms with Gasteiger partial charge >= 0.3 is 0 Å². The number of amides is 1. The van der Waals surface area contributed by atoms with Crippen molar-refractivity contribution in [2.45, 2.75) is 32.2 Å². The fourth-order valence-electron chi connectivity index (χ4n) is 3.03. The molecule has 0 bridgehead atoms. The number of ether oxygens (including phenoxy) is 1. The molecule has 144 valence electrons. The van der Waals surface area contributed by atoms with Gasteiger partial charge in [-0.3, -0.25) is 14.5 Å². The lowest BCUT2D eigenvalue weighted by molar-refractivity contribution is -0.118. The zero-order valence-corrected chi connectivity index (χ0v) is 15.8. The average molecular weight is 391 g/mol. The molecule has 1 aromatic heterocycles. The Morgan fingerprint density at radius 3 is 2.63 bits per heavy atom. The van der Waals surface area contributed by atoms with Gasteiger partial charge in [-0.25, -0.2) is 0 Å². The second-order valence-electron chi connectivity index (χ2n) is 6.58. The van der Waals surface area contributed by atoms with Gasteiger partial charge in [-0.15, -0.1) is 0 Å². The van der Waals surface area contributed by atoms with Gasteiger partial charge in [0, 0.05) is 6.07 Å². The van der Waals surface area contributed by atoms with Gasteiger partial charge in [0.1, 0.15) is 12.0 Å². The molecule has 2 heterocycles. The van der Waals surface area contributed by atoms with Crippen LogP contribution < -0.4 is 15.5 Å². The summed E-state index contributed by atoms with van der Waals surface area (Å²) >= 11 is 5.99. The summed E-state index contributed by atoms with van der Waals surface area (Å²) in [7, 11) is 0. The van der Waals surface area contributed by atoms with Gasteiger partial charge in [0.15, 0.2) is 6.61 Å². The third kappa shape index (κ3) is 5.84. The van der Waals surface area contributed by atoms with E-state index in [0.29, 0.717) is 23.0 Å². The molecule has 0 unspecified atom stereocenters. The zero-order valence-electron chi connectivity index (χ0n) is 15.1. The number of benzene rings is 1. The van der Waals surface area contributed by atoms with Gasteiger partial charge in [-0.1, -0.05) is 36.6 Å². The van der Waals surface area contributed by atoms with Crippen molar-refractivity contribution in [1.29, 1.82) is 0 Å². The first kappa shape index (κ1) is 19.5. The minimum absolute atomic E-state index is 0.0175. The van der Waals surface area contributed by atoms with E-state index >= 15 is 0 Å². The molecule has 7 heteroatoms. The zero-order chi connectivity index (χ0) is 19.1. The molecular weight excluding hydrogens is 368 g/mol. The van der Waals surface area contributed by atoms with Crippen molar-refractivity contribution in [3.63, 3.8) is 0 Å². The normalized spacial score (nSPS) is 15.1. The third-order valence-electron chi connectivity index (χ3n) is 4.44. The molecule has 6 nitrogen and oxygen atoms in total. The number of carbonyl (C=O) groups excluding carboxylic acids is 1. The van der Waals surface area contributed by atoms with Crippen LogP contribution in [-0.2, 0) is 11.3 Å². The molecule has 27 heavy (non-hydrogen) atoms. The maximum Gasteiger partial charge on any atom is 0.262 e. The summed E-state index contributed by atoms with van der Waals surface area (Å²) in [6.07, 6.45) is 6.13. The molecule has 0 radical (unpaired) electrons. The maximum atomic E-state index is 12.2. The topological polar surface area (TPSA) is 71.8 Å². The van der Waals surface area contributed by atoms with E-state index in [2.05, 4.69) is 10.2 Å². The predicted octanol–water partition coefficient (Wildman–Crippen LogP) is 3.69. The Morgan fingerprint density at radius 2 is 1.93 bits per heavy atom. The summed E-state index contributed by atoms with van der Waals surface area (Å²) in [5, 5.41) is 3.07. The Hall–Kier alpha value is -2.31. The van der Waals surface area contributed by atoms with E-state index < -0.39 is 5.91 Å². The molecule has 1 aliphatic heterocycles. The number of nitrogens with one attached hydrogen (secondary N) is 1. The molecule has 0 spiro atoms. The second kappa shape index (κ2) is 9.58. The fourth-order valence-corrected chi connectivity index (χ4v) is 3.22. The Kier molecular flexibility index (Phi) is 6.90. The van der Waals surface area contributed by atoms with E-state index in [0.717, 1.165) is 13.1 Å². The van der Waals surface area contributed by atoms with Crippen LogP contribution in [0.5, 0.6) is 5.75 Å². The first-order valence-corrected chi connectivity index (χ1v) is 9.51. The van der Waals surface area contributed by atoms with Crippen molar-refractivity contribution < 1.29 is 13.9 Å². The molecule has 3 rings (SSSR count). The molecule has 0 saturated carbocycles. The average Bonchev–Trinajstić information content (AvgIpc) is 2.92. The van der Waals surface area contributed by atoms with Crippen molar-refractivity contribution in [1.82, 2.24) is 4.90 Å². The summed E-state index contributed by atoms with van der Waals surface area (Å²) < 4.78 is 10.8. The van der Waals surface area contributed by atoms with Crippen molar-refractivity contribution in [3.8, 4) is 5.75 Å². The lowest BCUT2D eigenvalue weighted by Crippen LogP contribution is -2.25. The van der Waals surface area contributed by atoms with Crippen LogP contribution >= 0.6 is 11.6 Å². The Bertz CT molecular complexity index is 829. The van der Waals surface area contributed by atoms with Crippen LogP contribution in [0, 0.1) is 0 Å². The van der Waals surface area contributed by atoms with Gasteiger partial charge in [-0.2, -0.15) is 0 Å². The number of nitrogens with zero attached hydrogens (tertiary/aromatic N) is 1. The Morgan fingerprint density at radius 1 is 1.19 bits per heavy atom. The minimum Gasteiger partial charge on any atom is -0.477 e. The third-order valence-corrected chi connectivity index (χ3v) is 4.77. The second-order valence-corrected chi connectivity index (χ2v) is 6.99. The van der Waals surface area contributed by atoms with Crippen LogP contribution in [0.2, 0.25) is 5.02 Å². The highest BCUT2D eigenvalue weighted by Gasteiger charge is 2.13. The molecule has 2 aromatic rings. The summed E-state index contributed by atoms with van der Waals surface area (Å²) in [4.78, 5) is 26.5. The number of halogens is 1. The maximum absolute atomic E-state index is 12.2. The predicted molar refractivity (Wildman–Crippen MR) is 104 cm³/mol. The highest BCUT2D eigenvalue weighted by molar-refractivity contribution is 6.33. The number of para-hydroxylation sites is 1. The lowest BCUT2D eigenvalue weighted by atomic mass is 10.2. The van der Waals surface area contributed by atoms with E-state index in [-0.39, 0.29) is 17.8 Å². The first-order chi connectivity index (χ1) is 13.1. The summed E-state index contributed by atoms with van der Waals surface area (Å²) in [5.41, 5.74) is 0.198. The largest absolute Gasteiger partial charge is 0.477 e. The smallest absolute Gasteiger partial charge is 0.262 e. The van der Waals surface area contributed by atoms with Crippen molar-refractivity contribution >= 4 is 23.2 Å². The first-order valence-electron chi connectivity index (χ1n) is 9.13. The van der Waals surface area contributed by atoms with Gasteiger partial charge in [0.25, 0.3) is 5.91 Å². The molecule has 1 N–H and O–H groups in total. The van der Waals surface area contributed by atoms with Crippen molar-refractivity contribution in [3.05, 3.63) is 57.6 Å². The van der Waals surface area contributed by atoms with E-state index in [1.165, 1.54) is 38.0 Å². The van der Waals surface area contributed by atoms with E-state index in [9.17, 15) is 9.59 Å². The monoisotopic (exact) mass is 390 g/mol. The van der Waals surface area contributed by atoms with Crippen LogP contribution in [-0.4, -0.2) is 30.5 Å². The van der Waals surface area contributed by atoms with E-state index in [4.69, 9.17) is 20.8 Å². The molecule has 1 saturated heterocycles. The quantitative estimate of drug-likeness (QED) is 0.814. The molecule has 0 aliphatic carbocycles. The van der Waals surface area contributed by atoms with E-state index in [1.807, 2.05) is 0 Å². The van der Waals surface area contributed by atoms with Crippen LogP contribution in [0.3, 0.4) is 0 Å². The van der Waals surface area contributed by atoms with Crippen LogP contribution in [0.25, 0.3) is 0 Å². The van der Waals surface area contributed by atoms with Gasteiger partial charge < -0.3 is 14.5 Å². The van der Waals surface area contributed by atoms with E-state index in [1.54, 1.807) is 24.3 Å². The number of rotatable bonds is 6.